The van der Waals surface area contributed by atoms with Crippen molar-refractivity contribution in [1.82, 2.24) is 0 Å². The molecule has 19 heavy (non-hydrogen) atoms. The van der Waals surface area contributed by atoms with E-state index in [2.05, 4.69) is 0 Å². The number of hydrogen-bond acceptors (Lipinski definition) is 2. The van der Waals surface area contributed by atoms with Crippen molar-refractivity contribution in [1.29, 1.82) is 0 Å². The fraction of sp³-hybridized carbons (Fsp3) is 0.308. The molecule has 3 N–H and O–H groups in total. The number of alkyl halides is 3. The third-order valence-electron chi connectivity index (χ3n) is 3.16. The van der Waals surface area contributed by atoms with Gasteiger partial charge in [-0.3, -0.25) is 4.79 Å². The zero-order valence-electron chi connectivity index (χ0n) is 9.87. The second-order valence-electron chi connectivity index (χ2n) is 4.44. The first-order chi connectivity index (χ1) is 8.80. The summed E-state index contributed by atoms with van der Waals surface area (Å²) in [5, 5.41) is 8.75. The maximum Gasteiger partial charge on any atom is 0.413 e. The standard InChI is InChI=1S/C13H12F3NO2/c14-13(15,16)10-5-7-3-1-2-4-8(7)9(10)6-11(17)12(18)19/h1-4,11H,5-6,17H2,(H,18,19)/t11-/m0/s1/i14-1. The Morgan fingerprint density at radius 1 is 1.37 bits per heavy atom. The van der Waals surface area contributed by atoms with E-state index in [0.29, 0.717) is 11.1 Å². The number of carboxylic acid groups (broad SMARTS) is 1. The van der Waals surface area contributed by atoms with Crippen LogP contribution in [0.2, 0.25) is 0 Å². The second kappa shape index (κ2) is 4.70. The summed E-state index contributed by atoms with van der Waals surface area (Å²) >= 11 is 0. The highest BCUT2D eigenvalue weighted by Gasteiger charge is 2.40. The highest BCUT2D eigenvalue weighted by atomic mass is 19.3. The predicted molar refractivity (Wildman–Crippen MR) is 63.3 cm³/mol. The van der Waals surface area contributed by atoms with E-state index < -0.39 is 23.8 Å². The Balaban J connectivity index is 2.44. The van der Waals surface area contributed by atoms with E-state index in [9.17, 15) is 18.0 Å². The minimum Gasteiger partial charge on any atom is -0.480 e. The Hall–Kier alpha value is -1.82. The number of halogens is 3. The number of fused-ring (bicyclic) bond motifs is 1. The Kier molecular flexibility index (Phi) is 3.36. The van der Waals surface area contributed by atoms with Gasteiger partial charge in [-0.15, -0.1) is 0 Å². The Labute approximate surface area is 107 Å². The molecule has 0 saturated heterocycles. The van der Waals surface area contributed by atoms with Gasteiger partial charge >= 0.3 is 12.1 Å². The Morgan fingerprint density at radius 2 is 2.00 bits per heavy atom. The fourth-order valence-electron chi connectivity index (χ4n) is 2.24. The first kappa shape index (κ1) is 13.6. The van der Waals surface area contributed by atoms with E-state index in [1.807, 2.05) is 0 Å². The van der Waals surface area contributed by atoms with Gasteiger partial charge in [0.2, 0.25) is 0 Å². The summed E-state index contributed by atoms with van der Waals surface area (Å²) in [5.41, 5.74) is 5.67. The third kappa shape index (κ3) is 2.63. The third-order valence-corrected chi connectivity index (χ3v) is 3.16. The lowest BCUT2D eigenvalue weighted by molar-refractivity contribution is -0.138. The van der Waals surface area contributed by atoms with E-state index in [1.165, 1.54) is 0 Å². The predicted octanol–water partition coefficient (Wildman–Crippen LogP) is 2.36. The van der Waals surface area contributed by atoms with Gasteiger partial charge in [0.1, 0.15) is 6.04 Å². The first-order valence-electron chi connectivity index (χ1n) is 5.66. The zero-order valence-corrected chi connectivity index (χ0v) is 9.87. The van der Waals surface area contributed by atoms with Crippen LogP contribution in [-0.2, 0) is 11.2 Å². The molecule has 0 amide bonds. The molecule has 0 aliphatic heterocycles. The molecule has 0 bridgehead atoms. The van der Waals surface area contributed by atoms with Gasteiger partial charge in [-0.2, -0.15) is 13.2 Å². The molecule has 6 heteroatoms. The molecule has 1 aliphatic rings. The van der Waals surface area contributed by atoms with Gasteiger partial charge in [-0.1, -0.05) is 24.3 Å². The smallest absolute Gasteiger partial charge is 0.413 e. The average Bonchev–Trinajstić information content (AvgIpc) is 2.68. The molecule has 1 atom stereocenters. The second-order valence-corrected chi connectivity index (χ2v) is 4.44. The fourth-order valence-corrected chi connectivity index (χ4v) is 2.24. The maximum absolute atomic E-state index is 13.0. The minimum absolute atomic E-state index is 0.00185. The summed E-state index contributed by atoms with van der Waals surface area (Å²) < 4.78 is 38.9. The molecule has 0 fully saturated rings. The molecule has 0 radical (unpaired) electrons. The summed E-state index contributed by atoms with van der Waals surface area (Å²) in [6, 6.07) is 5.13. The van der Waals surface area contributed by atoms with Crippen LogP contribution >= 0.6 is 0 Å². The molecule has 1 aromatic carbocycles. The molecule has 102 valence electrons. The van der Waals surface area contributed by atoms with Gasteiger partial charge < -0.3 is 10.8 Å². The maximum atomic E-state index is 13.0. The molecule has 0 saturated carbocycles. The van der Waals surface area contributed by atoms with Crippen molar-refractivity contribution >= 4 is 11.5 Å². The number of hydrogen-bond donors (Lipinski definition) is 2. The quantitative estimate of drug-likeness (QED) is 0.886. The Morgan fingerprint density at radius 3 is 2.58 bits per heavy atom. The topological polar surface area (TPSA) is 63.3 Å². The lowest BCUT2D eigenvalue weighted by Crippen LogP contribution is -2.30. The number of rotatable bonds is 3. The van der Waals surface area contributed by atoms with Gasteiger partial charge in [0.25, 0.3) is 0 Å². The van der Waals surface area contributed by atoms with Crippen molar-refractivity contribution in [3.05, 3.63) is 41.0 Å². The number of benzene rings is 1. The number of carboxylic acids is 1. The number of allylic oxidation sites excluding steroid dienone is 1. The Bertz CT molecular complexity index is 549. The van der Waals surface area contributed by atoms with Crippen molar-refractivity contribution < 1.29 is 23.1 Å². The summed E-state index contributed by atoms with van der Waals surface area (Å²) in [7, 11) is 0. The molecule has 1 aliphatic carbocycles. The SMILES string of the molecule is N[C@@H](CC1=C(C(F)(F)[18F])Cc2ccccc21)C(=O)O. The lowest BCUT2D eigenvalue weighted by Gasteiger charge is -2.13. The van der Waals surface area contributed by atoms with Crippen LogP contribution in [0, 0.1) is 0 Å². The van der Waals surface area contributed by atoms with Crippen LogP contribution in [0.15, 0.2) is 29.8 Å². The van der Waals surface area contributed by atoms with E-state index in [0.717, 1.165) is 0 Å². The van der Waals surface area contributed by atoms with Crippen molar-refractivity contribution in [2.24, 2.45) is 5.73 Å². The molecule has 0 spiro atoms. The van der Waals surface area contributed by atoms with Gasteiger partial charge in [0, 0.05) is 12.0 Å². The minimum atomic E-state index is -4.47. The molecule has 0 heterocycles. The average molecular weight is 270 g/mol. The molecule has 1 aromatic rings. The summed E-state index contributed by atoms with van der Waals surface area (Å²) in [4.78, 5) is 10.7. The largest absolute Gasteiger partial charge is 0.480 e. The van der Waals surface area contributed by atoms with Crippen molar-refractivity contribution in [2.45, 2.75) is 25.1 Å². The monoisotopic (exact) mass is 270 g/mol. The van der Waals surface area contributed by atoms with Crippen molar-refractivity contribution in [3.8, 4) is 0 Å². The lowest BCUT2D eigenvalue weighted by atomic mass is 9.98. The van der Waals surface area contributed by atoms with E-state index in [4.69, 9.17) is 10.8 Å². The van der Waals surface area contributed by atoms with Crippen LogP contribution in [0.25, 0.3) is 5.57 Å². The van der Waals surface area contributed by atoms with Crippen LogP contribution < -0.4 is 5.73 Å². The van der Waals surface area contributed by atoms with Gasteiger partial charge in [-0.25, -0.2) is 0 Å². The van der Waals surface area contributed by atoms with Crippen molar-refractivity contribution in [3.63, 3.8) is 0 Å². The van der Waals surface area contributed by atoms with Gasteiger partial charge in [0.15, 0.2) is 0 Å². The normalized spacial score (nSPS) is 16.4. The highest BCUT2D eigenvalue weighted by molar-refractivity contribution is 5.82. The van der Waals surface area contributed by atoms with E-state index in [-0.39, 0.29) is 18.4 Å². The van der Waals surface area contributed by atoms with Crippen LogP contribution in [0.4, 0.5) is 13.2 Å². The summed E-state index contributed by atoms with van der Waals surface area (Å²) in [5.74, 6) is -1.31. The van der Waals surface area contributed by atoms with Gasteiger partial charge in [-0.05, 0) is 23.1 Å². The zero-order chi connectivity index (χ0) is 14.2. The molecule has 3 nitrogen and oxygen atoms in total. The van der Waals surface area contributed by atoms with Crippen LogP contribution in [0.1, 0.15) is 17.5 Å². The van der Waals surface area contributed by atoms with E-state index in [1.54, 1.807) is 24.3 Å². The van der Waals surface area contributed by atoms with Crippen LogP contribution in [0.3, 0.4) is 0 Å². The molecule has 0 unspecified atom stereocenters. The first-order valence-corrected chi connectivity index (χ1v) is 5.66. The number of nitrogens with two attached hydrogens (primary N) is 1. The van der Waals surface area contributed by atoms with Crippen LogP contribution in [-0.4, -0.2) is 23.3 Å². The van der Waals surface area contributed by atoms with E-state index >= 15 is 0 Å². The van der Waals surface area contributed by atoms with Gasteiger partial charge in [0.05, 0.1) is 0 Å². The van der Waals surface area contributed by atoms with Crippen molar-refractivity contribution in [2.75, 3.05) is 0 Å². The highest BCUT2D eigenvalue weighted by Crippen LogP contribution is 2.43. The summed E-state index contributed by atoms with van der Waals surface area (Å²) in [6.07, 6.45) is -5.00. The molecular weight excluding hydrogens is 258 g/mol. The summed E-state index contributed by atoms with van der Waals surface area (Å²) in [6.45, 7) is 0. The number of carbonyl (C=O) groups is 1. The molecular formula is C13H12F3NO2. The number of aliphatic carboxylic acids is 1. The molecule has 2 rings (SSSR count). The van der Waals surface area contributed by atoms with Crippen LogP contribution in [0.5, 0.6) is 0 Å². The molecule has 0 aromatic heterocycles.